The standard InChI is InChI=1S/C12H11F3N2/c1-17-6-2-3-9-4-5-10(8-16)11(7-9)12(13,14)15/h2-5,7,17H,6H2,1H3. The minimum atomic E-state index is -4.50. The zero-order valence-corrected chi connectivity index (χ0v) is 9.17. The van der Waals surface area contributed by atoms with Gasteiger partial charge in [-0.3, -0.25) is 0 Å². The molecular weight excluding hydrogens is 229 g/mol. The maximum Gasteiger partial charge on any atom is 0.417 e. The van der Waals surface area contributed by atoms with Crippen molar-refractivity contribution in [1.29, 1.82) is 5.26 Å². The van der Waals surface area contributed by atoms with Gasteiger partial charge in [0.25, 0.3) is 0 Å². The molecule has 0 fully saturated rings. The number of halogens is 3. The first-order chi connectivity index (χ1) is 7.99. The average molecular weight is 240 g/mol. The van der Waals surface area contributed by atoms with E-state index in [2.05, 4.69) is 5.32 Å². The van der Waals surface area contributed by atoms with Gasteiger partial charge in [0.05, 0.1) is 17.2 Å². The summed E-state index contributed by atoms with van der Waals surface area (Å²) < 4.78 is 37.8. The largest absolute Gasteiger partial charge is 0.417 e. The third-order valence-electron chi connectivity index (χ3n) is 2.10. The van der Waals surface area contributed by atoms with Gasteiger partial charge in [0, 0.05) is 6.54 Å². The Morgan fingerprint density at radius 2 is 2.12 bits per heavy atom. The van der Waals surface area contributed by atoms with Gasteiger partial charge >= 0.3 is 6.18 Å². The van der Waals surface area contributed by atoms with Crippen LogP contribution >= 0.6 is 0 Å². The highest BCUT2D eigenvalue weighted by molar-refractivity contribution is 5.54. The maximum atomic E-state index is 12.6. The molecule has 0 radical (unpaired) electrons. The molecule has 90 valence electrons. The quantitative estimate of drug-likeness (QED) is 0.881. The summed E-state index contributed by atoms with van der Waals surface area (Å²) >= 11 is 0. The SMILES string of the molecule is CNCC=Cc1ccc(C#N)c(C(F)(F)F)c1. The molecule has 0 aromatic heterocycles. The number of hydrogen-bond acceptors (Lipinski definition) is 2. The minimum Gasteiger partial charge on any atom is -0.316 e. The molecule has 0 saturated heterocycles. The van der Waals surface area contributed by atoms with Crippen molar-refractivity contribution in [3.63, 3.8) is 0 Å². The zero-order valence-electron chi connectivity index (χ0n) is 9.17. The van der Waals surface area contributed by atoms with Crippen molar-refractivity contribution in [2.75, 3.05) is 13.6 Å². The van der Waals surface area contributed by atoms with Crippen LogP contribution in [0.25, 0.3) is 6.08 Å². The van der Waals surface area contributed by atoms with Gasteiger partial charge in [0.15, 0.2) is 0 Å². The van der Waals surface area contributed by atoms with E-state index in [9.17, 15) is 13.2 Å². The molecule has 0 unspecified atom stereocenters. The van der Waals surface area contributed by atoms with Gasteiger partial charge in [0.1, 0.15) is 0 Å². The van der Waals surface area contributed by atoms with Crippen LogP contribution in [0, 0.1) is 11.3 Å². The number of alkyl halides is 3. The lowest BCUT2D eigenvalue weighted by molar-refractivity contribution is -0.137. The molecule has 0 heterocycles. The monoisotopic (exact) mass is 240 g/mol. The number of benzene rings is 1. The summed E-state index contributed by atoms with van der Waals surface area (Å²) in [4.78, 5) is 0. The summed E-state index contributed by atoms with van der Waals surface area (Å²) in [5.41, 5.74) is -0.832. The Morgan fingerprint density at radius 1 is 1.41 bits per heavy atom. The van der Waals surface area contributed by atoms with Crippen molar-refractivity contribution < 1.29 is 13.2 Å². The summed E-state index contributed by atoms with van der Waals surface area (Å²) in [7, 11) is 1.74. The highest BCUT2D eigenvalue weighted by atomic mass is 19.4. The van der Waals surface area contributed by atoms with Crippen LogP contribution in [-0.2, 0) is 6.18 Å². The van der Waals surface area contributed by atoms with Gasteiger partial charge in [-0.2, -0.15) is 18.4 Å². The molecule has 0 aliphatic carbocycles. The molecule has 0 aliphatic heterocycles. The first-order valence-electron chi connectivity index (χ1n) is 4.91. The normalized spacial score (nSPS) is 11.7. The number of rotatable bonds is 3. The molecule has 0 bridgehead atoms. The van der Waals surface area contributed by atoms with Gasteiger partial charge < -0.3 is 5.32 Å². The van der Waals surface area contributed by atoms with Crippen molar-refractivity contribution in [3.8, 4) is 6.07 Å². The van der Waals surface area contributed by atoms with E-state index >= 15 is 0 Å². The van der Waals surface area contributed by atoms with Crippen LogP contribution in [0.5, 0.6) is 0 Å². The molecule has 5 heteroatoms. The third kappa shape index (κ3) is 3.61. The van der Waals surface area contributed by atoms with Crippen LogP contribution < -0.4 is 5.32 Å². The van der Waals surface area contributed by atoms with Gasteiger partial charge in [0.2, 0.25) is 0 Å². The summed E-state index contributed by atoms with van der Waals surface area (Å²) in [6.45, 7) is 0.571. The van der Waals surface area contributed by atoms with E-state index in [1.165, 1.54) is 12.1 Å². The molecule has 2 nitrogen and oxygen atoms in total. The summed E-state index contributed by atoms with van der Waals surface area (Å²) in [5, 5.41) is 11.5. The highest BCUT2D eigenvalue weighted by Gasteiger charge is 2.33. The van der Waals surface area contributed by atoms with Gasteiger partial charge in [-0.15, -0.1) is 0 Å². The van der Waals surface area contributed by atoms with Crippen molar-refractivity contribution in [2.24, 2.45) is 0 Å². The van der Waals surface area contributed by atoms with Crippen LogP contribution in [0.2, 0.25) is 0 Å². The predicted molar refractivity (Wildman–Crippen MR) is 59.1 cm³/mol. The molecule has 1 N–H and O–H groups in total. The van der Waals surface area contributed by atoms with Crippen LogP contribution in [0.15, 0.2) is 24.3 Å². The topological polar surface area (TPSA) is 35.8 Å². The molecule has 0 spiro atoms. The Bertz CT molecular complexity index is 456. The van der Waals surface area contributed by atoms with Gasteiger partial charge in [-0.05, 0) is 24.7 Å². The predicted octanol–water partition coefficient (Wildman–Crippen LogP) is 2.81. The summed E-state index contributed by atoms with van der Waals surface area (Å²) in [5.74, 6) is 0. The number of nitriles is 1. The third-order valence-corrected chi connectivity index (χ3v) is 2.10. The molecule has 1 aromatic rings. The lowest BCUT2D eigenvalue weighted by Gasteiger charge is -2.09. The maximum absolute atomic E-state index is 12.6. The van der Waals surface area contributed by atoms with Crippen LogP contribution in [0.4, 0.5) is 13.2 Å². The van der Waals surface area contributed by atoms with E-state index in [1.807, 2.05) is 0 Å². The Balaban J connectivity index is 3.11. The van der Waals surface area contributed by atoms with E-state index in [-0.39, 0.29) is 5.56 Å². The molecule has 17 heavy (non-hydrogen) atoms. The average Bonchev–Trinajstić information content (AvgIpc) is 2.28. The number of nitrogens with one attached hydrogen (secondary N) is 1. The molecule has 0 atom stereocenters. The summed E-state index contributed by atoms with van der Waals surface area (Å²) in [6.07, 6.45) is -1.22. The zero-order chi connectivity index (χ0) is 12.9. The number of likely N-dealkylation sites (N-methyl/N-ethyl adjacent to an activating group) is 1. The molecule has 0 amide bonds. The molecule has 1 aromatic carbocycles. The van der Waals surface area contributed by atoms with Crippen molar-refractivity contribution in [3.05, 3.63) is 41.0 Å². The fourth-order valence-corrected chi connectivity index (χ4v) is 1.31. The Labute approximate surface area is 97.4 Å². The van der Waals surface area contributed by atoms with Gasteiger partial charge in [-0.1, -0.05) is 18.2 Å². The fourth-order valence-electron chi connectivity index (χ4n) is 1.31. The van der Waals surface area contributed by atoms with E-state index in [1.54, 1.807) is 25.3 Å². The number of hydrogen-bond donors (Lipinski definition) is 1. The van der Waals surface area contributed by atoms with Crippen molar-refractivity contribution in [1.82, 2.24) is 5.32 Å². The molecule has 1 rings (SSSR count). The first-order valence-corrected chi connectivity index (χ1v) is 4.91. The molecular formula is C12H11F3N2. The highest BCUT2D eigenvalue weighted by Crippen LogP contribution is 2.32. The van der Waals surface area contributed by atoms with Crippen molar-refractivity contribution in [2.45, 2.75) is 6.18 Å². The van der Waals surface area contributed by atoms with E-state index in [4.69, 9.17) is 5.26 Å². The minimum absolute atomic E-state index is 0.358. The lowest BCUT2D eigenvalue weighted by atomic mass is 10.0. The lowest BCUT2D eigenvalue weighted by Crippen LogP contribution is -2.08. The molecule has 0 aliphatic rings. The second-order valence-electron chi connectivity index (χ2n) is 3.37. The van der Waals surface area contributed by atoms with Gasteiger partial charge in [-0.25, -0.2) is 0 Å². The number of nitrogens with zero attached hydrogens (tertiary/aromatic N) is 1. The Kier molecular flexibility index (Phi) is 4.30. The Hall–Kier alpha value is -1.80. The van der Waals surface area contributed by atoms with E-state index in [0.29, 0.717) is 12.1 Å². The second-order valence-corrected chi connectivity index (χ2v) is 3.37. The second kappa shape index (κ2) is 5.51. The summed E-state index contributed by atoms with van der Waals surface area (Å²) in [6, 6.07) is 5.19. The smallest absolute Gasteiger partial charge is 0.316 e. The van der Waals surface area contributed by atoms with E-state index in [0.717, 1.165) is 6.07 Å². The Morgan fingerprint density at radius 3 is 2.65 bits per heavy atom. The molecule has 0 saturated carbocycles. The van der Waals surface area contributed by atoms with Crippen LogP contribution in [0.3, 0.4) is 0 Å². The first kappa shape index (κ1) is 13.3. The van der Waals surface area contributed by atoms with Crippen molar-refractivity contribution >= 4 is 6.08 Å². The van der Waals surface area contributed by atoms with Crippen LogP contribution in [-0.4, -0.2) is 13.6 Å². The van der Waals surface area contributed by atoms with Crippen LogP contribution in [0.1, 0.15) is 16.7 Å². The van der Waals surface area contributed by atoms with E-state index < -0.39 is 11.7 Å². The fraction of sp³-hybridized carbons (Fsp3) is 0.250.